The van der Waals surface area contributed by atoms with Crippen molar-refractivity contribution >= 4 is 23.9 Å². The van der Waals surface area contributed by atoms with E-state index in [0.717, 1.165) is 6.92 Å². The van der Waals surface area contributed by atoms with Crippen LogP contribution < -0.4 is 0 Å². The van der Waals surface area contributed by atoms with Gasteiger partial charge in [-0.3, -0.25) is 19.2 Å². The highest BCUT2D eigenvalue weighted by Crippen LogP contribution is 2.38. The molecule has 12 atom stereocenters. The van der Waals surface area contributed by atoms with Gasteiger partial charge in [0.05, 0.1) is 6.61 Å². The Hall–Kier alpha value is -2.40. The maximum Gasteiger partial charge on any atom is 0.306 e. The van der Waals surface area contributed by atoms with Crippen LogP contribution in [0.5, 0.6) is 0 Å². The van der Waals surface area contributed by atoms with Crippen molar-refractivity contribution in [3.63, 3.8) is 0 Å². The van der Waals surface area contributed by atoms with Crippen LogP contribution in [0.1, 0.15) is 87.0 Å². The van der Waals surface area contributed by atoms with Crippen LogP contribution in [0.15, 0.2) is 0 Å². The maximum absolute atomic E-state index is 13.3. The Morgan fingerprint density at radius 3 is 1.62 bits per heavy atom. The predicted molar refractivity (Wildman–Crippen MR) is 162 cm³/mol. The largest absolute Gasteiger partial charge is 0.463 e. The summed E-state index contributed by atoms with van der Waals surface area (Å²) >= 11 is 0. The van der Waals surface area contributed by atoms with Gasteiger partial charge in [-0.1, -0.05) is 60.8 Å². The summed E-state index contributed by atoms with van der Waals surface area (Å²) < 4.78 is 40.4. The lowest BCUT2D eigenvalue weighted by atomic mass is 9.96. The fraction of sp³-hybridized carbons (Fsp3) is 0.875. The van der Waals surface area contributed by atoms with Crippen LogP contribution in [0.4, 0.5) is 0 Å². The Kier molecular flexibility index (Phi) is 16.4. The van der Waals surface area contributed by atoms with Crippen molar-refractivity contribution < 1.29 is 72.8 Å². The third-order valence-corrected chi connectivity index (χ3v) is 8.70. The molecule has 2 heterocycles. The lowest BCUT2D eigenvalue weighted by Crippen LogP contribution is -2.65. The SMILES string of the molecule is CCC(C)CC(=O)O[C@@H]1[C@@H](OC(=O)CC(C)CC)[C@@H](O[C@]2(CO)O[C@H](CO)[C@@H](O)[C@@H]2O)O[C@H](COC(C)=O)[C@H]1OC(=O)CC(C)CC. The second-order valence-corrected chi connectivity index (χ2v) is 12.7. The molecule has 2 aliphatic heterocycles. The zero-order chi connectivity index (χ0) is 35.5. The second-order valence-electron chi connectivity index (χ2n) is 12.7. The minimum absolute atomic E-state index is 0.00664. The molecule has 0 aromatic carbocycles. The molecule has 2 aliphatic rings. The van der Waals surface area contributed by atoms with Gasteiger partial charge in [0.15, 0.2) is 18.3 Å². The fourth-order valence-corrected chi connectivity index (χ4v) is 5.06. The first kappa shape index (κ1) is 40.8. The summed E-state index contributed by atoms with van der Waals surface area (Å²) in [5, 5.41) is 41.3. The molecule has 0 bridgehead atoms. The molecule has 2 rings (SSSR count). The van der Waals surface area contributed by atoms with Crippen LogP contribution in [0.2, 0.25) is 0 Å². The Balaban J connectivity index is 2.67. The molecular formula is C32H54O15. The van der Waals surface area contributed by atoms with Crippen LogP contribution in [-0.2, 0) is 52.3 Å². The Morgan fingerprint density at radius 1 is 0.745 bits per heavy atom. The van der Waals surface area contributed by atoms with Gasteiger partial charge < -0.3 is 53.6 Å². The lowest BCUT2D eigenvalue weighted by molar-refractivity contribution is -0.384. The van der Waals surface area contributed by atoms with Gasteiger partial charge in [0.25, 0.3) is 0 Å². The summed E-state index contributed by atoms with van der Waals surface area (Å²) in [5.74, 6) is -5.53. The van der Waals surface area contributed by atoms with E-state index >= 15 is 0 Å². The van der Waals surface area contributed by atoms with Gasteiger partial charge in [0, 0.05) is 26.2 Å². The van der Waals surface area contributed by atoms with Gasteiger partial charge in [-0.25, -0.2) is 0 Å². The van der Waals surface area contributed by atoms with Gasteiger partial charge in [0.2, 0.25) is 12.1 Å². The first-order chi connectivity index (χ1) is 22.1. The number of hydrogen-bond acceptors (Lipinski definition) is 15. The summed E-state index contributed by atoms with van der Waals surface area (Å²) in [7, 11) is 0. The van der Waals surface area contributed by atoms with Crippen molar-refractivity contribution in [3.05, 3.63) is 0 Å². The van der Waals surface area contributed by atoms with E-state index in [1.165, 1.54) is 0 Å². The standard InChI is InChI=1S/C32H54O15/c1-8-17(4)11-23(36)43-27-22(15-41-20(7)35)42-31(47-32(16-34)30(40)26(39)21(14-33)46-32)29(45-25(38)13-19(6)10-3)28(27)44-24(37)12-18(5)9-2/h17-19,21-22,26-31,33-34,39-40H,8-16H2,1-7H3/t17?,18?,19?,21-,22-,26-,27-,28+,29-,30+,31-,32+/m1/s1. The van der Waals surface area contributed by atoms with Crippen molar-refractivity contribution in [2.24, 2.45) is 17.8 Å². The van der Waals surface area contributed by atoms with Gasteiger partial charge >= 0.3 is 23.9 Å². The second kappa shape index (κ2) is 19.0. The summed E-state index contributed by atoms with van der Waals surface area (Å²) in [6.45, 7) is 9.98. The van der Waals surface area contributed by atoms with E-state index in [2.05, 4.69) is 0 Å². The third kappa shape index (κ3) is 11.3. The van der Waals surface area contributed by atoms with Crippen LogP contribution in [0.3, 0.4) is 0 Å². The van der Waals surface area contributed by atoms with Crippen molar-refractivity contribution in [2.75, 3.05) is 19.8 Å². The molecule has 0 aliphatic carbocycles. The van der Waals surface area contributed by atoms with Gasteiger partial charge in [-0.05, 0) is 17.8 Å². The highest BCUT2D eigenvalue weighted by Gasteiger charge is 2.60. The predicted octanol–water partition coefficient (Wildman–Crippen LogP) is 1.14. The monoisotopic (exact) mass is 678 g/mol. The molecule has 0 spiro atoms. The van der Waals surface area contributed by atoms with E-state index in [0.29, 0.717) is 19.3 Å². The molecule has 0 radical (unpaired) electrons. The number of aliphatic hydroxyl groups is 4. The van der Waals surface area contributed by atoms with Crippen LogP contribution in [0.25, 0.3) is 0 Å². The van der Waals surface area contributed by atoms with Crippen LogP contribution in [-0.4, -0.2) is 119 Å². The normalized spacial score (nSPS) is 32.6. The quantitative estimate of drug-likeness (QED) is 0.118. The van der Waals surface area contributed by atoms with E-state index in [4.69, 9.17) is 33.2 Å². The number of ether oxygens (including phenoxy) is 7. The molecule has 2 saturated heterocycles. The van der Waals surface area contributed by atoms with E-state index in [1.807, 2.05) is 41.5 Å². The van der Waals surface area contributed by atoms with E-state index in [-0.39, 0.29) is 37.0 Å². The average molecular weight is 679 g/mol. The first-order valence-electron chi connectivity index (χ1n) is 16.5. The summed E-state index contributed by atoms with van der Waals surface area (Å²) in [4.78, 5) is 51.5. The molecule has 2 fully saturated rings. The topological polar surface area (TPSA) is 214 Å². The van der Waals surface area contributed by atoms with E-state index in [1.54, 1.807) is 0 Å². The van der Waals surface area contributed by atoms with Crippen molar-refractivity contribution in [1.29, 1.82) is 0 Å². The smallest absolute Gasteiger partial charge is 0.306 e. The number of aliphatic hydroxyl groups excluding tert-OH is 4. The Bertz CT molecular complexity index is 1020. The molecule has 0 aromatic heterocycles. The van der Waals surface area contributed by atoms with Crippen LogP contribution in [0, 0.1) is 17.8 Å². The molecular weight excluding hydrogens is 624 g/mol. The molecule has 15 nitrogen and oxygen atoms in total. The Morgan fingerprint density at radius 2 is 1.21 bits per heavy atom. The number of rotatable bonds is 18. The molecule has 272 valence electrons. The van der Waals surface area contributed by atoms with Crippen molar-refractivity contribution in [3.8, 4) is 0 Å². The number of carbonyl (C=O) groups is 4. The molecule has 15 heteroatoms. The molecule has 0 amide bonds. The minimum atomic E-state index is -2.41. The highest BCUT2D eigenvalue weighted by atomic mass is 16.8. The fourth-order valence-electron chi connectivity index (χ4n) is 5.06. The number of hydrogen-bond donors (Lipinski definition) is 4. The highest BCUT2D eigenvalue weighted by molar-refractivity contribution is 5.72. The summed E-state index contributed by atoms with van der Waals surface area (Å²) in [6, 6.07) is 0. The van der Waals surface area contributed by atoms with Gasteiger partial charge in [-0.2, -0.15) is 0 Å². The van der Waals surface area contributed by atoms with Gasteiger partial charge in [-0.15, -0.1) is 0 Å². The van der Waals surface area contributed by atoms with E-state index < -0.39 is 98.5 Å². The number of carbonyl (C=O) groups excluding carboxylic acids is 4. The number of esters is 4. The first-order valence-corrected chi connectivity index (χ1v) is 16.5. The third-order valence-electron chi connectivity index (χ3n) is 8.70. The molecule has 3 unspecified atom stereocenters. The summed E-state index contributed by atoms with van der Waals surface area (Å²) in [5.41, 5.74) is 0. The molecule has 47 heavy (non-hydrogen) atoms. The van der Waals surface area contributed by atoms with Crippen molar-refractivity contribution in [2.45, 2.75) is 142 Å². The lowest BCUT2D eigenvalue weighted by Gasteiger charge is -2.46. The van der Waals surface area contributed by atoms with Crippen LogP contribution >= 0.6 is 0 Å². The molecule has 0 saturated carbocycles. The minimum Gasteiger partial charge on any atom is -0.463 e. The van der Waals surface area contributed by atoms with E-state index in [9.17, 15) is 39.6 Å². The zero-order valence-corrected chi connectivity index (χ0v) is 28.5. The maximum atomic E-state index is 13.3. The van der Waals surface area contributed by atoms with Gasteiger partial charge in [0.1, 0.15) is 37.6 Å². The Labute approximate surface area is 276 Å². The zero-order valence-electron chi connectivity index (χ0n) is 28.5. The molecule has 0 aromatic rings. The molecule has 4 N–H and O–H groups in total. The summed E-state index contributed by atoms with van der Waals surface area (Å²) in [6.07, 6.45) is -11.1. The van der Waals surface area contributed by atoms with Crippen molar-refractivity contribution in [1.82, 2.24) is 0 Å². The average Bonchev–Trinajstić information content (AvgIpc) is 3.27.